The van der Waals surface area contributed by atoms with Crippen LogP contribution in [0.5, 0.6) is 0 Å². The molecule has 0 amide bonds. The molecule has 0 aliphatic carbocycles. The van der Waals surface area contributed by atoms with Gasteiger partial charge in [-0.15, -0.1) is 0 Å². The SMILES string of the molecule is N#Cc1ccc(S(=O)(=O)NCCc2ccccn2)cc1. The highest BCUT2D eigenvalue weighted by Gasteiger charge is 2.13. The number of benzene rings is 1. The number of sulfonamides is 1. The molecule has 20 heavy (non-hydrogen) atoms. The number of hydrogen-bond donors (Lipinski definition) is 1. The number of nitrogens with zero attached hydrogens (tertiary/aromatic N) is 2. The van der Waals surface area contributed by atoms with Gasteiger partial charge < -0.3 is 0 Å². The first-order valence-corrected chi connectivity index (χ1v) is 7.50. The summed E-state index contributed by atoms with van der Waals surface area (Å²) in [5, 5.41) is 8.68. The van der Waals surface area contributed by atoms with E-state index in [2.05, 4.69) is 9.71 Å². The molecule has 5 nitrogen and oxygen atoms in total. The van der Waals surface area contributed by atoms with E-state index in [1.54, 1.807) is 6.20 Å². The van der Waals surface area contributed by atoms with Crippen LogP contribution in [0.1, 0.15) is 11.3 Å². The topological polar surface area (TPSA) is 82.8 Å². The minimum Gasteiger partial charge on any atom is -0.261 e. The Morgan fingerprint density at radius 1 is 1.15 bits per heavy atom. The van der Waals surface area contributed by atoms with Crippen molar-refractivity contribution in [2.75, 3.05) is 6.54 Å². The molecule has 0 bridgehead atoms. The zero-order chi connectivity index (χ0) is 14.4. The van der Waals surface area contributed by atoms with E-state index in [0.717, 1.165) is 5.69 Å². The van der Waals surface area contributed by atoms with E-state index in [-0.39, 0.29) is 11.4 Å². The van der Waals surface area contributed by atoms with Gasteiger partial charge in [0.05, 0.1) is 16.5 Å². The number of nitriles is 1. The molecular weight excluding hydrogens is 274 g/mol. The number of hydrogen-bond acceptors (Lipinski definition) is 4. The van der Waals surface area contributed by atoms with Crippen molar-refractivity contribution in [3.63, 3.8) is 0 Å². The maximum absolute atomic E-state index is 12.0. The van der Waals surface area contributed by atoms with E-state index >= 15 is 0 Å². The number of aromatic nitrogens is 1. The summed E-state index contributed by atoms with van der Waals surface area (Å²) in [4.78, 5) is 4.27. The number of rotatable bonds is 5. The largest absolute Gasteiger partial charge is 0.261 e. The molecule has 102 valence electrons. The van der Waals surface area contributed by atoms with E-state index in [1.165, 1.54) is 24.3 Å². The van der Waals surface area contributed by atoms with Crippen LogP contribution in [0.4, 0.5) is 0 Å². The lowest BCUT2D eigenvalue weighted by atomic mass is 10.2. The molecule has 1 N–H and O–H groups in total. The third kappa shape index (κ3) is 3.63. The number of pyridine rings is 1. The van der Waals surface area contributed by atoms with Crippen molar-refractivity contribution < 1.29 is 8.42 Å². The summed E-state index contributed by atoms with van der Waals surface area (Å²) in [5.41, 5.74) is 1.26. The molecular formula is C14H13N3O2S. The molecule has 0 spiro atoms. The van der Waals surface area contributed by atoms with E-state index in [1.807, 2.05) is 24.3 Å². The molecule has 0 aliphatic rings. The van der Waals surface area contributed by atoms with Crippen LogP contribution in [0.15, 0.2) is 53.6 Å². The van der Waals surface area contributed by atoms with E-state index in [0.29, 0.717) is 12.0 Å². The molecule has 2 aromatic rings. The van der Waals surface area contributed by atoms with Crippen molar-refractivity contribution in [1.82, 2.24) is 9.71 Å². The van der Waals surface area contributed by atoms with Crippen molar-refractivity contribution in [3.8, 4) is 6.07 Å². The summed E-state index contributed by atoms with van der Waals surface area (Å²) in [5.74, 6) is 0. The maximum Gasteiger partial charge on any atom is 0.240 e. The Balaban J connectivity index is 1.99. The fourth-order valence-electron chi connectivity index (χ4n) is 1.65. The predicted octanol–water partition coefficient (Wildman–Crippen LogP) is 1.47. The summed E-state index contributed by atoms with van der Waals surface area (Å²) >= 11 is 0. The van der Waals surface area contributed by atoms with Gasteiger partial charge in [-0.25, -0.2) is 13.1 Å². The Hall–Kier alpha value is -2.23. The summed E-state index contributed by atoms with van der Waals surface area (Å²) in [6, 6.07) is 13.3. The van der Waals surface area contributed by atoms with E-state index in [4.69, 9.17) is 5.26 Å². The van der Waals surface area contributed by atoms with Crippen LogP contribution in [0.25, 0.3) is 0 Å². The third-order valence-electron chi connectivity index (χ3n) is 2.69. The van der Waals surface area contributed by atoms with Crippen molar-refractivity contribution >= 4 is 10.0 Å². The lowest BCUT2D eigenvalue weighted by molar-refractivity contribution is 0.581. The van der Waals surface area contributed by atoms with E-state index < -0.39 is 10.0 Å². The zero-order valence-corrected chi connectivity index (χ0v) is 11.5. The van der Waals surface area contributed by atoms with Crippen LogP contribution >= 0.6 is 0 Å². The van der Waals surface area contributed by atoms with Crippen LogP contribution < -0.4 is 4.72 Å². The zero-order valence-electron chi connectivity index (χ0n) is 10.7. The first-order chi connectivity index (χ1) is 9.62. The lowest BCUT2D eigenvalue weighted by Crippen LogP contribution is -2.26. The molecule has 0 aliphatic heterocycles. The Morgan fingerprint density at radius 2 is 1.90 bits per heavy atom. The van der Waals surface area contributed by atoms with Gasteiger partial charge in [0.2, 0.25) is 10.0 Å². The Kier molecular flexibility index (Phi) is 4.45. The predicted molar refractivity (Wildman–Crippen MR) is 74.3 cm³/mol. The highest BCUT2D eigenvalue weighted by atomic mass is 32.2. The van der Waals surface area contributed by atoms with Crippen LogP contribution in [0.2, 0.25) is 0 Å². The smallest absolute Gasteiger partial charge is 0.240 e. The lowest BCUT2D eigenvalue weighted by Gasteiger charge is -2.06. The molecule has 0 radical (unpaired) electrons. The van der Waals surface area contributed by atoms with Crippen LogP contribution in [-0.2, 0) is 16.4 Å². The summed E-state index contributed by atoms with van der Waals surface area (Å²) in [6.45, 7) is 0.277. The van der Waals surface area contributed by atoms with Gasteiger partial charge in [-0.1, -0.05) is 6.07 Å². The number of nitrogens with one attached hydrogen (secondary N) is 1. The summed E-state index contributed by atoms with van der Waals surface area (Å²) in [6.07, 6.45) is 2.20. The average molecular weight is 287 g/mol. The van der Waals surface area contributed by atoms with Gasteiger partial charge in [0.15, 0.2) is 0 Å². The Labute approximate surface area is 118 Å². The highest BCUT2D eigenvalue weighted by Crippen LogP contribution is 2.09. The fourth-order valence-corrected chi connectivity index (χ4v) is 2.68. The molecule has 0 fully saturated rings. The van der Waals surface area contributed by atoms with Gasteiger partial charge >= 0.3 is 0 Å². The van der Waals surface area contributed by atoms with Crippen molar-refractivity contribution in [2.45, 2.75) is 11.3 Å². The molecule has 2 rings (SSSR count). The van der Waals surface area contributed by atoms with Gasteiger partial charge in [-0.05, 0) is 36.4 Å². The summed E-state index contributed by atoms with van der Waals surface area (Å²) in [7, 11) is -3.54. The molecule has 0 unspecified atom stereocenters. The second-order valence-corrected chi connectivity index (χ2v) is 5.87. The van der Waals surface area contributed by atoms with Crippen LogP contribution in [-0.4, -0.2) is 19.9 Å². The van der Waals surface area contributed by atoms with Crippen molar-refractivity contribution in [1.29, 1.82) is 5.26 Å². The third-order valence-corrected chi connectivity index (χ3v) is 4.17. The Bertz CT molecular complexity index is 704. The molecule has 1 aromatic heterocycles. The molecule has 0 atom stereocenters. The minimum atomic E-state index is -3.54. The summed E-state index contributed by atoms with van der Waals surface area (Å²) < 4.78 is 26.5. The van der Waals surface area contributed by atoms with Crippen molar-refractivity contribution in [3.05, 3.63) is 59.9 Å². The maximum atomic E-state index is 12.0. The first-order valence-electron chi connectivity index (χ1n) is 6.01. The molecule has 1 heterocycles. The monoisotopic (exact) mass is 287 g/mol. The van der Waals surface area contributed by atoms with Crippen molar-refractivity contribution in [2.24, 2.45) is 0 Å². The molecule has 0 saturated heterocycles. The van der Waals surface area contributed by atoms with Crippen LogP contribution in [0.3, 0.4) is 0 Å². The van der Waals surface area contributed by atoms with Gasteiger partial charge in [0.1, 0.15) is 0 Å². The average Bonchev–Trinajstić information content (AvgIpc) is 2.48. The molecule has 0 saturated carbocycles. The highest BCUT2D eigenvalue weighted by molar-refractivity contribution is 7.89. The van der Waals surface area contributed by atoms with Gasteiger partial charge in [-0.3, -0.25) is 4.98 Å². The molecule has 6 heteroatoms. The second kappa shape index (κ2) is 6.28. The van der Waals surface area contributed by atoms with Gasteiger partial charge in [-0.2, -0.15) is 5.26 Å². The van der Waals surface area contributed by atoms with E-state index in [9.17, 15) is 8.42 Å². The molecule has 1 aromatic carbocycles. The van der Waals surface area contributed by atoms with Gasteiger partial charge in [0.25, 0.3) is 0 Å². The normalized spacial score (nSPS) is 10.9. The first kappa shape index (κ1) is 14.2. The van der Waals surface area contributed by atoms with Crippen LogP contribution in [0, 0.1) is 11.3 Å². The standard InChI is InChI=1S/C14H13N3O2S/c15-11-12-4-6-14(7-5-12)20(18,19)17-10-8-13-3-1-2-9-16-13/h1-7,9,17H,8,10H2. The Morgan fingerprint density at radius 3 is 2.50 bits per heavy atom. The van der Waals surface area contributed by atoms with Gasteiger partial charge in [0, 0.05) is 24.9 Å². The minimum absolute atomic E-state index is 0.150. The second-order valence-electron chi connectivity index (χ2n) is 4.11. The fraction of sp³-hybridized carbons (Fsp3) is 0.143. The quantitative estimate of drug-likeness (QED) is 0.902.